The summed E-state index contributed by atoms with van der Waals surface area (Å²) < 4.78 is 62.9. The minimum Gasteiger partial charge on any atom is -0.366 e. The molecule has 3 atom stereocenters. The first-order chi connectivity index (χ1) is 17.8. The summed E-state index contributed by atoms with van der Waals surface area (Å²) in [6.45, 7) is 1.27. The number of rotatable bonds is 9. The molecule has 38 heavy (non-hydrogen) atoms. The summed E-state index contributed by atoms with van der Waals surface area (Å²) in [6.07, 6.45) is 1.63. The van der Waals surface area contributed by atoms with Crippen LogP contribution < -0.4 is 5.73 Å². The van der Waals surface area contributed by atoms with Crippen molar-refractivity contribution in [2.24, 2.45) is 17.6 Å². The van der Waals surface area contributed by atoms with Crippen LogP contribution in [-0.2, 0) is 14.6 Å². The molecule has 11 heteroatoms. The first-order valence-corrected chi connectivity index (χ1v) is 15.5. The fourth-order valence-electron chi connectivity index (χ4n) is 6.71. The van der Waals surface area contributed by atoms with Crippen LogP contribution in [0.3, 0.4) is 0 Å². The van der Waals surface area contributed by atoms with E-state index < -0.39 is 39.5 Å². The molecule has 1 aliphatic carbocycles. The lowest BCUT2D eigenvalue weighted by Crippen LogP contribution is -2.48. The topological polar surface area (TPSA) is 101 Å². The van der Waals surface area contributed by atoms with E-state index in [4.69, 9.17) is 5.73 Å². The van der Waals surface area contributed by atoms with Crippen LogP contribution in [0.15, 0.2) is 24.3 Å². The number of benzene rings is 1. The maximum absolute atomic E-state index is 13.1. The van der Waals surface area contributed by atoms with Gasteiger partial charge in [-0.2, -0.15) is 13.2 Å². The van der Waals surface area contributed by atoms with Gasteiger partial charge in [-0.1, -0.05) is 12.1 Å². The number of primary amides is 1. The van der Waals surface area contributed by atoms with Gasteiger partial charge in [-0.15, -0.1) is 0 Å². The Labute approximate surface area is 222 Å². The summed E-state index contributed by atoms with van der Waals surface area (Å²) in [5, 5.41) is 0. The molecule has 1 unspecified atom stereocenters. The van der Waals surface area contributed by atoms with Gasteiger partial charge in [-0.05, 0) is 80.9 Å². The van der Waals surface area contributed by atoms with E-state index in [1.54, 1.807) is 11.0 Å². The van der Waals surface area contributed by atoms with Crippen molar-refractivity contribution in [1.29, 1.82) is 0 Å². The molecule has 0 aromatic heterocycles. The number of amides is 2. The fourth-order valence-corrected chi connectivity index (χ4v) is 7.34. The molecule has 1 aromatic rings. The van der Waals surface area contributed by atoms with Crippen molar-refractivity contribution in [3.63, 3.8) is 0 Å². The van der Waals surface area contributed by atoms with E-state index >= 15 is 0 Å². The Kier molecular flexibility index (Phi) is 8.76. The lowest BCUT2D eigenvalue weighted by atomic mass is 9.81. The summed E-state index contributed by atoms with van der Waals surface area (Å²) in [5.41, 5.74) is 7.07. The van der Waals surface area contributed by atoms with E-state index in [9.17, 15) is 31.2 Å². The molecule has 2 heterocycles. The Hall–Kier alpha value is -2.14. The van der Waals surface area contributed by atoms with Gasteiger partial charge in [0.1, 0.15) is 5.75 Å². The number of halogens is 3. The summed E-state index contributed by atoms with van der Waals surface area (Å²) in [5.74, 6) is -2.55. The van der Waals surface area contributed by atoms with Gasteiger partial charge in [0.2, 0.25) is 11.8 Å². The van der Waals surface area contributed by atoms with Crippen molar-refractivity contribution >= 4 is 21.7 Å². The summed E-state index contributed by atoms with van der Waals surface area (Å²) in [7, 11) is -3.52. The average molecular weight is 558 g/mol. The van der Waals surface area contributed by atoms with Gasteiger partial charge < -0.3 is 10.6 Å². The van der Waals surface area contributed by atoms with Crippen LogP contribution in [0.25, 0.3) is 0 Å². The van der Waals surface area contributed by atoms with Crippen LogP contribution in [0.1, 0.15) is 73.2 Å². The van der Waals surface area contributed by atoms with Crippen molar-refractivity contribution in [2.75, 3.05) is 31.6 Å². The van der Waals surface area contributed by atoms with Gasteiger partial charge in [0.25, 0.3) is 0 Å². The van der Waals surface area contributed by atoms with Crippen molar-refractivity contribution in [3.8, 4) is 0 Å². The smallest absolute Gasteiger partial charge is 0.366 e. The third-order valence-corrected chi connectivity index (χ3v) is 9.45. The quantitative estimate of drug-likeness (QED) is 0.499. The third-order valence-electron chi connectivity index (χ3n) is 8.68. The molecule has 2 N–H and O–H groups in total. The van der Waals surface area contributed by atoms with E-state index in [1.807, 2.05) is 18.2 Å². The van der Waals surface area contributed by atoms with Crippen LogP contribution in [-0.4, -0.2) is 79.9 Å². The highest BCUT2D eigenvalue weighted by Gasteiger charge is 2.43. The zero-order valence-corrected chi connectivity index (χ0v) is 22.6. The number of hydrogen-bond acceptors (Lipinski definition) is 5. The zero-order valence-electron chi connectivity index (χ0n) is 21.8. The first-order valence-electron chi connectivity index (χ1n) is 13.5. The monoisotopic (exact) mass is 557 g/mol. The number of alkyl halides is 3. The minimum atomic E-state index is -4.19. The van der Waals surface area contributed by atoms with Gasteiger partial charge in [-0.25, -0.2) is 8.42 Å². The molecule has 4 rings (SSSR count). The van der Waals surface area contributed by atoms with E-state index in [0.717, 1.165) is 37.5 Å². The Balaban J connectivity index is 1.38. The van der Waals surface area contributed by atoms with Gasteiger partial charge in [-0.3, -0.25) is 14.5 Å². The Morgan fingerprint density at radius 3 is 2.24 bits per heavy atom. The minimum absolute atomic E-state index is 0.0525. The number of hydrogen-bond donors (Lipinski definition) is 1. The maximum Gasteiger partial charge on any atom is 0.391 e. The SMILES string of the molecule is CS(=O)(=O)CC(=O)N(CCN1[C@@H]2CC[C@H]1CC(c1cccc(C(N)=O)c1)C2)CC1CCC(C(F)(F)F)CC1. The van der Waals surface area contributed by atoms with E-state index in [1.165, 1.54) is 0 Å². The number of sulfone groups is 1. The number of nitrogens with zero attached hydrogens (tertiary/aromatic N) is 2. The molecule has 0 spiro atoms. The molecule has 212 valence electrons. The second-order valence-electron chi connectivity index (χ2n) is 11.4. The number of carbonyl (C=O) groups is 2. The molecule has 2 aliphatic heterocycles. The first kappa shape index (κ1) is 28.9. The van der Waals surface area contributed by atoms with Crippen molar-refractivity contribution < 1.29 is 31.2 Å². The predicted molar refractivity (Wildman–Crippen MR) is 138 cm³/mol. The molecule has 2 bridgehead atoms. The van der Waals surface area contributed by atoms with E-state index in [2.05, 4.69) is 4.90 Å². The molecular weight excluding hydrogens is 519 g/mol. The van der Waals surface area contributed by atoms with Crippen LogP contribution in [0.5, 0.6) is 0 Å². The second kappa shape index (κ2) is 11.5. The normalized spacial score (nSPS) is 28.3. The molecular formula is C27H38F3N3O4S. The predicted octanol–water partition coefficient (Wildman–Crippen LogP) is 3.74. The van der Waals surface area contributed by atoms with Crippen LogP contribution in [0, 0.1) is 11.8 Å². The summed E-state index contributed by atoms with van der Waals surface area (Å²) >= 11 is 0. The Morgan fingerprint density at radius 1 is 1.05 bits per heavy atom. The second-order valence-corrected chi connectivity index (χ2v) is 13.6. The summed E-state index contributed by atoms with van der Waals surface area (Å²) in [6, 6.07) is 8.13. The fraction of sp³-hybridized carbons (Fsp3) is 0.704. The molecule has 3 fully saturated rings. The van der Waals surface area contributed by atoms with Crippen LogP contribution in [0.4, 0.5) is 13.2 Å². The maximum atomic E-state index is 13.1. The average Bonchev–Trinajstić information content (AvgIpc) is 3.06. The van der Waals surface area contributed by atoms with E-state index in [0.29, 0.717) is 56.0 Å². The Morgan fingerprint density at radius 2 is 1.68 bits per heavy atom. The highest BCUT2D eigenvalue weighted by molar-refractivity contribution is 7.91. The highest BCUT2D eigenvalue weighted by Crippen LogP contribution is 2.43. The van der Waals surface area contributed by atoms with E-state index in [-0.39, 0.29) is 18.8 Å². The van der Waals surface area contributed by atoms with Crippen LogP contribution in [0.2, 0.25) is 0 Å². The lowest BCUT2D eigenvalue weighted by molar-refractivity contribution is -0.184. The van der Waals surface area contributed by atoms with Crippen LogP contribution >= 0.6 is 0 Å². The lowest BCUT2D eigenvalue weighted by Gasteiger charge is -2.41. The third kappa shape index (κ3) is 7.28. The molecule has 3 aliphatic rings. The molecule has 7 nitrogen and oxygen atoms in total. The number of fused-ring (bicyclic) bond motifs is 2. The summed E-state index contributed by atoms with van der Waals surface area (Å²) in [4.78, 5) is 28.5. The molecule has 0 radical (unpaired) electrons. The number of piperidine rings is 1. The molecule has 2 saturated heterocycles. The zero-order chi connectivity index (χ0) is 27.7. The van der Waals surface area contributed by atoms with Gasteiger partial charge in [0.15, 0.2) is 9.84 Å². The molecule has 1 aromatic carbocycles. The standard InChI is InChI=1S/C27H38F3N3O4S/c1-38(36,37)17-25(34)32(16-18-5-7-22(8-6-18)27(28,29)30)11-12-33-23-9-10-24(33)15-21(14-23)19-3-2-4-20(13-19)26(31)35/h2-4,13,18,21-24H,5-12,14-17H2,1H3,(H2,31,35)/t18?,21?,22?,23-,24+. The number of nitrogens with two attached hydrogens (primary N) is 1. The Bertz CT molecular complexity index is 1100. The van der Waals surface area contributed by atoms with Crippen molar-refractivity contribution in [2.45, 2.75) is 75.5 Å². The van der Waals surface area contributed by atoms with Crippen molar-refractivity contribution in [1.82, 2.24) is 9.80 Å². The van der Waals surface area contributed by atoms with Crippen molar-refractivity contribution in [3.05, 3.63) is 35.4 Å². The van der Waals surface area contributed by atoms with Gasteiger partial charge in [0.05, 0.1) is 5.92 Å². The van der Waals surface area contributed by atoms with Gasteiger partial charge in [0, 0.05) is 43.5 Å². The molecule has 1 saturated carbocycles. The molecule has 2 amide bonds. The highest BCUT2D eigenvalue weighted by atomic mass is 32.2. The number of carbonyl (C=O) groups excluding carboxylic acids is 2. The van der Waals surface area contributed by atoms with Gasteiger partial charge >= 0.3 is 6.18 Å². The largest absolute Gasteiger partial charge is 0.391 e.